The number of rotatable bonds is 5. The molecule has 6 nitrogen and oxygen atoms in total. The first-order valence-corrected chi connectivity index (χ1v) is 8.33. The van der Waals surface area contributed by atoms with Gasteiger partial charge >= 0.3 is 0 Å². The minimum absolute atomic E-state index is 0.0315. The summed E-state index contributed by atoms with van der Waals surface area (Å²) in [7, 11) is 0. The van der Waals surface area contributed by atoms with E-state index in [0.29, 0.717) is 12.2 Å². The molecular weight excluding hydrogens is 346 g/mol. The first kappa shape index (κ1) is 18.3. The van der Waals surface area contributed by atoms with Gasteiger partial charge in [0.1, 0.15) is 17.2 Å². The second kappa shape index (κ2) is 7.37. The van der Waals surface area contributed by atoms with Crippen molar-refractivity contribution in [1.29, 1.82) is 0 Å². The van der Waals surface area contributed by atoms with E-state index in [4.69, 9.17) is 4.74 Å². The van der Waals surface area contributed by atoms with E-state index in [1.807, 2.05) is 0 Å². The minimum atomic E-state index is -0.484. The zero-order valence-corrected chi connectivity index (χ0v) is 14.9. The van der Waals surface area contributed by atoms with E-state index in [9.17, 15) is 19.2 Å². The number of amides is 1. The Hall–Kier alpha value is -3.54. The molecule has 6 heteroatoms. The van der Waals surface area contributed by atoms with Crippen LogP contribution in [0.1, 0.15) is 40.1 Å². The van der Waals surface area contributed by atoms with Crippen LogP contribution in [0.2, 0.25) is 0 Å². The lowest BCUT2D eigenvalue weighted by atomic mass is 9.91. The monoisotopic (exact) mass is 363 g/mol. The van der Waals surface area contributed by atoms with E-state index in [-0.39, 0.29) is 28.4 Å². The predicted octanol–water partition coefficient (Wildman–Crippen LogP) is 2.62. The zero-order valence-electron chi connectivity index (χ0n) is 14.9. The fourth-order valence-electron chi connectivity index (χ4n) is 2.82. The SMILES string of the molecule is CC(=O)Cc1ccc(OC2=C(NC(C)=O)C(=O)c3ccccc3C2=O)cc1. The summed E-state index contributed by atoms with van der Waals surface area (Å²) >= 11 is 0. The lowest BCUT2D eigenvalue weighted by molar-refractivity contribution is -0.118. The standard InChI is InChI=1S/C21H17NO5/c1-12(23)11-14-7-9-15(10-8-14)27-21-18(22-13(2)24)19(25)16-5-3-4-6-17(16)20(21)26/h3-10H,11H2,1-2H3,(H,22,24). The lowest BCUT2D eigenvalue weighted by Crippen LogP contribution is -2.34. The molecule has 0 fully saturated rings. The highest BCUT2D eigenvalue weighted by molar-refractivity contribution is 6.26. The Morgan fingerprint density at radius 2 is 1.48 bits per heavy atom. The van der Waals surface area contributed by atoms with Crippen molar-refractivity contribution in [3.8, 4) is 5.75 Å². The number of carbonyl (C=O) groups is 4. The van der Waals surface area contributed by atoms with Crippen LogP contribution in [0.4, 0.5) is 0 Å². The summed E-state index contributed by atoms with van der Waals surface area (Å²) in [6, 6.07) is 13.0. The number of fused-ring (bicyclic) bond motifs is 1. The number of ether oxygens (including phenoxy) is 1. The molecule has 0 unspecified atom stereocenters. The number of carbonyl (C=O) groups excluding carboxylic acids is 4. The molecule has 27 heavy (non-hydrogen) atoms. The number of nitrogens with one attached hydrogen (secondary N) is 1. The molecule has 3 rings (SSSR count). The highest BCUT2D eigenvalue weighted by Crippen LogP contribution is 2.27. The third kappa shape index (κ3) is 3.84. The van der Waals surface area contributed by atoms with Crippen LogP contribution >= 0.6 is 0 Å². The number of allylic oxidation sites excluding steroid dienone is 2. The molecule has 2 aromatic carbocycles. The van der Waals surface area contributed by atoms with Crippen molar-refractivity contribution < 1.29 is 23.9 Å². The van der Waals surface area contributed by atoms with Gasteiger partial charge in [0.25, 0.3) is 0 Å². The van der Waals surface area contributed by atoms with Crippen LogP contribution in [0.15, 0.2) is 60.0 Å². The van der Waals surface area contributed by atoms with Crippen LogP contribution < -0.4 is 10.1 Å². The average Bonchev–Trinajstić information content (AvgIpc) is 2.63. The van der Waals surface area contributed by atoms with Gasteiger partial charge in [0.15, 0.2) is 0 Å². The van der Waals surface area contributed by atoms with E-state index < -0.39 is 17.5 Å². The lowest BCUT2D eigenvalue weighted by Gasteiger charge is -2.21. The number of Topliss-reactive ketones (excluding diaryl/α,β-unsaturated/α-hetero) is 3. The topological polar surface area (TPSA) is 89.5 Å². The van der Waals surface area contributed by atoms with Gasteiger partial charge in [0.05, 0.1) is 0 Å². The Bertz CT molecular complexity index is 986. The summed E-state index contributed by atoms with van der Waals surface area (Å²) in [4.78, 5) is 48.3. The van der Waals surface area contributed by atoms with Gasteiger partial charge in [-0.3, -0.25) is 19.2 Å². The quantitative estimate of drug-likeness (QED) is 0.882. The van der Waals surface area contributed by atoms with Gasteiger partial charge in [0, 0.05) is 24.5 Å². The Balaban J connectivity index is 1.99. The van der Waals surface area contributed by atoms with E-state index in [1.165, 1.54) is 19.9 Å². The smallest absolute Gasteiger partial charge is 0.231 e. The molecule has 1 aliphatic rings. The number of hydrogen-bond acceptors (Lipinski definition) is 5. The van der Waals surface area contributed by atoms with Crippen molar-refractivity contribution in [2.45, 2.75) is 20.3 Å². The van der Waals surface area contributed by atoms with E-state index >= 15 is 0 Å². The van der Waals surface area contributed by atoms with Crippen molar-refractivity contribution in [3.63, 3.8) is 0 Å². The van der Waals surface area contributed by atoms with Gasteiger partial charge in [-0.05, 0) is 24.6 Å². The van der Waals surface area contributed by atoms with Gasteiger partial charge < -0.3 is 10.1 Å². The average molecular weight is 363 g/mol. The molecule has 0 radical (unpaired) electrons. The van der Waals surface area contributed by atoms with Crippen molar-refractivity contribution >= 4 is 23.3 Å². The highest BCUT2D eigenvalue weighted by Gasteiger charge is 2.34. The van der Waals surface area contributed by atoms with Crippen LogP contribution in [-0.4, -0.2) is 23.3 Å². The van der Waals surface area contributed by atoms with E-state index in [2.05, 4.69) is 5.32 Å². The van der Waals surface area contributed by atoms with Gasteiger partial charge in [-0.15, -0.1) is 0 Å². The summed E-state index contributed by atoms with van der Waals surface area (Å²) in [5.41, 5.74) is 1.07. The number of hydrogen-bond donors (Lipinski definition) is 1. The third-order valence-electron chi connectivity index (χ3n) is 3.97. The predicted molar refractivity (Wildman–Crippen MR) is 97.4 cm³/mol. The third-order valence-corrected chi connectivity index (χ3v) is 3.97. The van der Waals surface area contributed by atoms with Crippen molar-refractivity contribution in [2.24, 2.45) is 0 Å². The molecule has 0 spiro atoms. The highest BCUT2D eigenvalue weighted by atomic mass is 16.5. The fourth-order valence-corrected chi connectivity index (χ4v) is 2.82. The Kier molecular flexibility index (Phi) is 4.98. The molecular formula is C21H17NO5. The maximum atomic E-state index is 12.8. The summed E-state index contributed by atoms with van der Waals surface area (Å²) in [6.07, 6.45) is 0.297. The molecule has 0 heterocycles. The van der Waals surface area contributed by atoms with Gasteiger partial charge in [-0.1, -0.05) is 36.4 Å². The number of benzene rings is 2. The Labute approximate surface area is 155 Å². The van der Waals surface area contributed by atoms with Gasteiger partial charge in [-0.25, -0.2) is 0 Å². The Morgan fingerprint density at radius 1 is 0.889 bits per heavy atom. The van der Waals surface area contributed by atoms with Crippen LogP contribution in [0.25, 0.3) is 0 Å². The minimum Gasteiger partial charge on any atom is -0.451 e. The second-order valence-corrected chi connectivity index (χ2v) is 6.21. The first-order chi connectivity index (χ1) is 12.9. The van der Waals surface area contributed by atoms with E-state index in [0.717, 1.165) is 5.56 Å². The summed E-state index contributed by atoms with van der Waals surface area (Å²) in [6.45, 7) is 2.75. The van der Waals surface area contributed by atoms with E-state index in [1.54, 1.807) is 42.5 Å². The summed E-state index contributed by atoms with van der Waals surface area (Å²) < 4.78 is 5.68. The molecule has 0 bridgehead atoms. The second-order valence-electron chi connectivity index (χ2n) is 6.21. The molecule has 1 N–H and O–H groups in total. The Morgan fingerprint density at radius 3 is 2.04 bits per heavy atom. The van der Waals surface area contributed by atoms with Gasteiger partial charge in [-0.2, -0.15) is 0 Å². The molecule has 1 amide bonds. The maximum Gasteiger partial charge on any atom is 0.231 e. The molecule has 136 valence electrons. The molecule has 0 aliphatic heterocycles. The van der Waals surface area contributed by atoms with Gasteiger partial charge in [0.2, 0.25) is 23.2 Å². The van der Waals surface area contributed by atoms with Crippen LogP contribution in [-0.2, 0) is 16.0 Å². The maximum absolute atomic E-state index is 12.8. The van der Waals surface area contributed by atoms with Crippen molar-refractivity contribution in [2.75, 3.05) is 0 Å². The zero-order chi connectivity index (χ0) is 19.6. The molecule has 2 aromatic rings. The molecule has 0 saturated carbocycles. The largest absolute Gasteiger partial charge is 0.451 e. The summed E-state index contributed by atoms with van der Waals surface area (Å²) in [5.74, 6) is -1.33. The van der Waals surface area contributed by atoms with Crippen molar-refractivity contribution in [3.05, 3.63) is 76.7 Å². The van der Waals surface area contributed by atoms with Crippen LogP contribution in [0.3, 0.4) is 0 Å². The van der Waals surface area contributed by atoms with Crippen LogP contribution in [0, 0.1) is 0 Å². The fraction of sp³-hybridized carbons (Fsp3) is 0.143. The normalized spacial score (nSPS) is 13.3. The van der Waals surface area contributed by atoms with Crippen molar-refractivity contribution in [1.82, 2.24) is 5.32 Å². The van der Waals surface area contributed by atoms with Crippen LogP contribution in [0.5, 0.6) is 5.75 Å². The first-order valence-electron chi connectivity index (χ1n) is 8.33. The molecule has 0 atom stereocenters. The molecule has 0 saturated heterocycles. The molecule has 1 aliphatic carbocycles. The molecule has 0 aromatic heterocycles. The summed E-state index contributed by atoms with van der Waals surface area (Å²) in [5, 5.41) is 2.41. The number of ketones is 3.